The third-order valence-corrected chi connectivity index (χ3v) is 2.35. The Hall–Kier alpha value is -2.37. The summed E-state index contributed by atoms with van der Waals surface area (Å²) in [6.45, 7) is 6.79. The first-order chi connectivity index (χ1) is 8.66. The van der Waals surface area contributed by atoms with Crippen LogP contribution in [0.2, 0.25) is 0 Å². The minimum absolute atomic E-state index is 0.398. The predicted octanol–water partition coefficient (Wildman–Crippen LogP) is 0.710. The number of nitrogens with zero attached hydrogens (tertiary/aromatic N) is 4. The lowest BCUT2D eigenvalue weighted by atomic mass is 10.3. The smallest absolute Gasteiger partial charge is 0.189 e. The van der Waals surface area contributed by atoms with Gasteiger partial charge in [0.05, 0.1) is 18.4 Å². The molecule has 0 unspecified atom stereocenters. The first kappa shape index (κ1) is 12.1. The van der Waals surface area contributed by atoms with Crippen LogP contribution in [0.15, 0.2) is 41.7 Å². The maximum Gasteiger partial charge on any atom is 0.189 e. The number of hydrogen-bond donors (Lipinski definition) is 2. The molecule has 0 aliphatic heterocycles. The molecule has 0 bridgehead atoms. The molecule has 0 aliphatic rings. The Morgan fingerprint density at radius 2 is 2.33 bits per heavy atom. The number of nitrogens with one attached hydrogen (secondary N) is 1. The van der Waals surface area contributed by atoms with Crippen LogP contribution in [0.25, 0.3) is 5.65 Å². The van der Waals surface area contributed by atoms with E-state index in [2.05, 4.69) is 27.0 Å². The van der Waals surface area contributed by atoms with E-state index in [1.165, 1.54) is 0 Å². The van der Waals surface area contributed by atoms with Crippen molar-refractivity contribution in [2.24, 2.45) is 10.7 Å². The number of aromatic nitrogens is 3. The van der Waals surface area contributed by atoms with Crippen molar-refractivity contribution in [2.45, 2.75) is 13.5 Å². The fourth-order valence-corrected chi connectivity index (χ4v) is 1.47. The molecule has 6 heteroatoms. The number of fused-ring (bicyclic) bond motifs is 1. The maximum absolute atomic E-state index is 5.74. The van der Waals surface area contributed by atoms with Crippen molar-refractivity contribution in [3.05, 3.63) is 42.4 Å². The highest BCUT2D eigenvalue weighted by atomic mass is 15.3. The number of guanidine groups is 1. The Labute approximate surface area is 105 Å². The Balaban J connectivity index is 2.07. The molecule has 0 spiro atoms. The standard InChI is InChI=1S/C12H16N6/c1-9(2)7-15-12(13)16-8-10-3-5-14-11-4-6-17-18(10)11/h3-6H,1,7-8H2,2H3,(H3,13,15,16). The van der Waals surface area contributed by atoms with Gasteiger partial charge in [0.25, 0.3) is 0 Å². The molecular weight excluding hydrogens is 228 g/mol. The summed E-state index contributed by atoms with van der Waals surface area (Å²) in [5.41, 5.74) is 8.48. The molecule has 0 saturated carbocycles. The third-order valence-electron chi connectivity index (χ3n) is 2.35. The Bertz CT molecular complexity index is 583. The van der Waals surface area contributed by atoms with Gasteiger partial charge in [-0.3, -0.25) is 0 Å². The largest absolute Gasteiger partial charge is 0.370 e. The molecule has 0 atom stereocenters. The summed E-state index contributed by atoms with van der Waals surface area (Å²) in [7, 11) is 0. The second-order valence-corrected chi connectivity index (χ2v) is 4.05. The van der Waals surface area contributed by atoms with Crippen LogP contribution in [-0.4, -0.2) is 27.1 Å². The van der Waals surface area contributed by atoms with E-state index >= 15 is 0 Å². The highest BCUT2D eigenvalue weighted by molar-refractivity contribution is 5.78. The van der Waals surface area contributed by atoms with E-state index in [0.29, 0.717) is 19.0 Å². The van der Waals surface area contributed by atoms with E-state index in [4.69, 9.17) is 5.73 Å². The molecule has 2 heterocycles. The molecule has 3 N–H and O–H groups in total. The SMILES string of the molecule is C=C(C)CNC(N)=NCc1ccnc2ccnn12. The lowest BCUT2D eigenvalue weighted by Gasteiger charge is -2.05. The van der Waals surface area contributed by atoms with Gasteiger partial charge in [-0.15, -0.1) is 0 Å². The lowest BCUT2D eigenvalue weighted by molar-refractivity contribution is 0.827. The van der Waals surface area contributed by atoms with E-state index in [9.17, 15) is 0 Å². The maximum atomic E-state index is 5.74. The predicted molar refractivity (Wildman–Crippen MR) is 71.1 cm³/mol. The van der Waals surface area contributed by atoms with Crippen molar-refractivity contribution >= 4 is 11.6 Å². The number of nitrogens with two attached hydrogens (primary N) is 1. The summed E-state index contributed by atoms with van der Waals surface area (Å²) in [5, 5.41) is 7.16. The summed E-state index contributed by atoms with van der Waals surface area (Å²) in [5.74, 6) is 0.398. The quantitative estimate of drug-likeness (QED) is 0.471. The van der Waals surface area contributed by atoms with Gasteiger partial charge in [-0.1, -0.05) is 12.2 Å². The van der Waals surface area contributed by atoms with Gasteiger partial charge in [0.15, 0.2) is 11.6 Å². The third kappa shape index (κ3) is 2.85. The molecule has 0 aliphatic carbocycles. The van der Waals surface area contributed by atoms with Gasteiger partial charge in [0.2, 0.25) is 0 Å². The second kappa shape index (κ2) is 5.31. The minimum Gasteiger partial charge on any atom is -0.370 e. The lowest BCUT2D eigenvalue weighted by Crippen LogP contribution is -2.32. The van der Waals surface area contributed by atoms with Crippen molar-refractivity contribution < 1.29 is 0 Å². The molecule has 94 valence electrons. The number of aliphatic imine (C=N–C) groups is 1. The van der Waals surface area contributed by atoms with Crippen LogP contribution >= 0.6 is 0 Å². The van der Waals surface area contributed by atoms with E-state index in [1.807, 2.05) is 19.1 Å². The Morgan fingerprint density at radius 1 is 1.50 bits per heavy atom. The highest BCUT2D eigenvalue weighted by Gasteiger charge is 2.01. The average molecular weight is 244 g/mol. The highest BCUT2D eigenvalue weighted by Crippen LogP contribution is 2.04. The molecule has 0 aromatic carbocycles. The van der Waals surface area contributed by atoms with Gasteiger partial charge < -0.3 is 11.1 Å². The van der Waals surface area contributed by atoms with E-state index in [1.54, 1.807) is 16.9 Å². The van der Waals surface area contributed by atoms with Crippen LogP contribution in [0.4, 0.5) is 0 Å². The fourth-order valence-electron chi connectivity index (χ4n) is 1.47. The van der Waals surface area contributed by atoms with Gasteiger partial charge in [-0.2, -0.15) is 5.10 Å². The van der Waals surface area contributed by atoms with Gasteiger partial charge in [-0.25, -0.2) is 14.5 Å². The van der Waals surface area contributed by atoms with Crippen LogP contribution in [0.3, 0.4) is 0 Å². The zero-order valence-electron chi connectivity index (χ0n) is 10.3. The summed E-state index contributed by atoms with van der Waals surface area (Å²) in [4.78, 5) is 8.43. The van der Waals surface area contributed by atoms with Gasteiger partial charge in [-0.05, 0) is 13.0 Å². The average Bonchev–Trinajstić information content (AvgIpc) is 2.82. The van der Waals surface area contributed by atoms with Gasteiger partial charge in [0, 0.05) is 18.8 Å². The summed E-state index contributed by atoms with van der Waals surface area (Å²) < 4.78 is 1.75. The molecule has 18 heavy (non-hydrogen) atoms. The second-order valence-electron chi connectivity index (χ2n) is 4.05. The Kier molecular flexibility index (Phi) is 3.57. The molecule has 0 radical (unpaired) electrons. The first-order valence-electron chi connectivity index (χ1n) is 5.62. The van der Waals surface area contributed by atoms with E-state index < -0.39 is 0 Å². The molecule has 2 rings (SSSR count). The van der Waals surface area contributed by atoms with Crippen LogP contribution in [0.5, 0.6) is 0 Å². The molecule has 0 amide bonds. The van der Waals surface area contributed by atoms with Gasteiger partial charge in [0.1, 0.15) is 0 Å². The van der Waals surface area contributed by atoms with Crippen molar-refractivity contribution in [1.82, 2.24) is 19.9 Å². The molecule has 6 nitrogen and oxygen atoms in total. The molecule has 0 saturated heterocycles. The molecule has 2 aromatic heterocycles. The van der Waals surface area contributed by atoms with E-state index in [-0.39, 0.29) is 0 Å². The number of rotatable bonds is 4. The topological polar surface area (TPSA) is 80.6 Å². The Morgan fingerprint density at radius 3 is 3.11 bits per heavy atom. The normalized spacial score (nSPS) is 11.7. The first-order valence-corrected chi connectivity index (χ1v) is 5.62. The fraction of sp³-hybridized carbons (Fsp3) is 0.250. The van der Waals surface area contributed by atoms with Crippen LogP contribution in [-0.2, 0) is 6.54 Å². The molecule has 2 aromatic rings. The summed E-state index contributed by atoms with van der Waals surface area (Å²) in [6, 6.07) is 3.71. The zero-order valence-corrected chi connectivity index (χ0v) is 10.3. The monoisotopic (exact) mass is 244 g/mol. The molecule has 0 fully saturated rings. The molecular formula is C12H16N6. The van der Waals surface area contributed by atoms with Crippen molar-refractivity contribution in [1.29, 1.82) is 0 Å². The van der Waals surface area contributed by atoms with E-state index in [0.717, 1.165) is 16.9 Å². The summed E-state index contributed by atoms with van der Waals surface area (Å²) in [6.07, 6.45) is 3.44. The summed E-state index contributed by atoms with van der Waals surface area (Å²) >= 11 is 0. The van der Waals surface area contributed by atoms with Crippen LogP contribution in [0.1, 0.15) is 12.6 Å². The zero-order chi connectivity index (χ0) is 13.0. The van der Waals surface area contributed by atoms with Crippen molar-refractivity contribution in [2.75, 3.05) is 6.54 Å². The minimum atomic E-state index is 0.398. The van der Waals surface area contributed by atoms with Crippen LogP contribution in [0, 0.1) is 0 Å². The van der Waals surface area contributed by atoms with Gasteiger partial charge >= 0.3 is 0 Å². The van der Waals surface area contributed by atoms with Crippen molar-refractivity contribution in [3.8, 4) is 0 Å². The van der Waals surface area contributed by atoms with Crippen LogP contribution < -0.4 is 11.1 Å². The number of hydrogen-bond acceptors (Lipinski definition) is 3. The van der Waals surface area contributed by atoms with Crippen molar-refractivity contribution in [3.63, 3.8) is 0 Å².